The Morgan fingerprint density at radius 2 is 1.59 bits per heavy atom. The van der Waals surface area contributed by atoms with Crippen molar-refractivity contribution >= 4 is 35.1 Å². The summed E-state index contributed by atoms with van der Waals surface area (Å²) in [7, 11) is 0. The molecule has 7 rings (SSSR count). The van der Waals surface area contributed by atoms with E-state index in [1.54, 1.807) is 50.5 Å². The van der Waals surface area contributed by atoms with Crippen LogP contribution in [0.5, 0.6) is 11.5 Å². The number of aromatic amines is 1. The number of pyridine rings is 1. The lowest BCUT2D eigenvalue weighted by Gasteiger charge is -2.44. The summed E-state index contributed by atoms with van der Waals surface area (Å²) in [6.45, 7) is 3.65. The van der Waals surface area contributed by atoms with E-state index in [1.807, 2.05) is 30.3 Å². The predicted molar refractivity (Wildman–Crippen MR) is 197 cm³/mol. The number of carbonyl (C=O) groups excluding carboxylic acids is 2. The van der Waals surface area contributed by atoms with Crippen LogP contribution in [0.25, 0.3) is 0 Å². The standard InChI is InChI=1S/C40H41Cl2F2N3O6.H2O/c1-24(2)50-35-18-29(12-13-33(35)53-40(43)44)34(19-30-31(41)21-45-22-32(30)42)51-38(48)28-10-8-25(9-11-28)20-46-37(27-6-4-3-5-7-27)39(49)52-36-23-47-16-14-26(36)15-17-47;/h3-13,18,21-22,24,26,34,36-37,40,46H,14-17,19-20,23H2,1-2H3;1H2/t34-,36-,37?;/m0./s1. The molecule has 0 saturated carbocycles. The molecule has 0 amide bonds. The molecule has 14 heteroatoms. The van der Waals surface area contributed by atoms with E-state index >= 15 is 0 Å². The van der Waals surface area contributed by atoms with E-state index in [2.05, 4.69) is 19.9 Å². The van der Waals surface area contributed by atoms with Crippen LogP contribution in [0.15, 0.2) is 85.2 Å². The van der Waals surface area contributed by atoms with Crippen LogP contribution in [-0.2, 0) is 27.2 Å². The van der Waals surface area contributed by atoms with Gasteiger partial charge in [0, 0.05) is 25.1 Å². The molecule has 1 aromatic heterocycles. The molecule has 3 fully saturated rings. The lowest BCUT2D eigenvalue weighted by molar-refractivity contribution is -0.377. The summed E-state index contributed by atoms with van der Waals surface area (Å²) in [6.07, 6.45) is 3.86. The van der Waals surface area contributed by atoms with Crippen molar-refractivity contribution in [3.05, 3.63) is 123 Å². The number of nitrogens with one attached hydrogen (secondary N) is 2. The van der Waals surface area contributed by atoms with Gasteiger partial charge in [0.15, 0.2) is 23.9 Å². The van der Waals surface area contributed by atoms with Crippen LogP contribution < -0.4 is 19.8 Å². The number of piperidine rings is 3. The van der Waals surface area contributed by atoms with Crippen molar-refractivity contribution in [3.8, 4) is 11.5 Å². The first-order chi connectivity index (χ1) is 25.5. The number of nitrogens with zero attached hydrogens (tertiary/aromatic N) is 1. The number of ether oxygens (including phenoxy) is 4. The van der Waals surface area contributed by atoms with Crippen molar-refractivity contribution in [3.63, 3.8) is 0 Å². The Morgan fingerprint density at radius 1 is 0.907 bits per heavy atom. The molecule has 3 aliphatic rings. The van der Waals surface area contributed by atoms with E-state index in [0.29, 0.717) is 33.6 Å². The lowest BCUT2D eigenvalue weighted by Crippen LogP contribution is -2.52. The van der Waals surface area contributed by atoms with Gasteiger partial charge in [0.25, 0.3) is 0 Å². The molecule has 4 heterocycles. The molecule has 3 atom stereocenters. The third-order valence-corrected chi connectivity index (χ3v) is 10.2. The Balaban J connectivity index is 0.00000561. The number of esters is 2. The first kappa shape index (κ1) is 40.8. The van der Waals surface area contributed by atoms with Gasteiger partial charge in [-0.1, -0.05) is 71.7 Å². The molecular weight excluding hydrogens is 743 g/mol. The maximum absolute atomic E-state index is 13.6. The number of aromatic nitrogens is 1. The second-order valence-electron chi connectivity index (χ2n) is 13.5. The molecule has 288 valence electrons. The van der Waals surface area contributed by atoms with Crippen LogP contribution in [0.2, 0.25) is 10.0 Å². The zero-order valence-electron chi connectivity index (χ0n) is 29.9. The van der Waals surface area contributed by atoms with Crippen LogP contribution in [0.4, 0.5) is 8.78 Å². The fourth-order valence-corrected chi connectivity index (χ4v) is 7.30. The minimum Gasteiger partial charge on any atom is -0.870 e. The van der Waals surface area contributed by atoms with Crippen molar-refractivity contribution in [2.24, 2.45) is 5.92 Å². The van der Waals surface area contributed by atoms with Gasteiger partial charge in [0.05, 0.1) is 11.7 Å². The lowest BCUT2D eigenvalue weighted by atomic mass is 9.86. The number of halogens is 4. The molecule has 3 saturated heterocycles. The largest absolute Gasteiger partial charge is 0.870 e. The van der Waals surface area contributed by atoms with E-state index in [0.717, 1.165) is 43.6 Å². The van der Waals surface area contributed by atoms with E-state index < -0.39 is 24.7 Å². The Morgan fingerprint density at radius 3 is 2.20 bits per heavy atom. The van der Waals surface area contributed by atoms with Gasteiger partial charge in [-0.2, -0.15) is 8.78 Å². The molecule has 4 aromatic rings. The number of fused-ring (bicyclic) bond motifs is 3. The zero-order valence-corrected chi connectivity index (χ0v) is 31.4. The zero-order chi connectivity index (χ0) is 37.5. The minimum absolute atomic E-state index is 0. The highest BCUT2D eigenvalue weighted by atomic mass is 35.5. The van der Waals surface area contributed by atoms with Crippen molar-refractivity contribution in [2.45, 2.75) is 70.6 Å². The van der Waals surface area contributed by atoms with E-state index in [1.165, 1.54) is 18.2 Å². The second-order valence-corrected chi connectivity index (χ2v) is 14.3. The SMILES string of the molecule is CC(C)Oc1cc([C@H](Cc2c(Cl)c[nH+]cc2Cl)OC(=O)c2ccc(CNC(C(=O)O[C@H]3CN4CCC3CC4)c3ccccc3)cc2)ccc1OC(F)F.[OH-]. The van der Waals surface area contributed by atoms with Crippen LogP contribution in [-0.4, -0.2) is 60.8 Å². The molecule has 54 heavy (non-hydrogen) atoms. The smallest absolute Gasteiger partial charge is 0.387 e. The van der Waals surface area contributed by atoms with Crippen molar-refractivity contribution in [1.82, 2.24) is 10.2 Å². The van der Waals surface area contributed by atoms with E-state index in [-0.39, 0.29) is 47.1 Å². The summed E-state index contributed by atoms with van der Waals surface area (Å²) in [6, 6.07) is 20.0. The summed E-state index contributed by atoms with van der Waals surface area (Å²) in [4.78, 5) is 32.4. The summed E-state index contributed by atoms with van der Waals surface area (Å²) < 4.78 is 48.9. The molecule has 3 aromatic carbocycles. The minimum atomic E-state index is -3.06. The first-order valence-electron chi connectivity index (χ1n) is 17.6. The third kappa shape index (κ3) is 10.5. The van der Waals surface area contributed by atoms with Crippen molar-refractivity contribution in [2.75, 3.05) is 19.6 Å². The molecule has 3 aliphatic heterocycles. The van der Waals surface area contributed by atoms with Gasteiger partial charge in [-0.3, -0.25) is 10.2 Å². The van der Waals surface area contributed by atoms with Gasteiger partial charge in [-0.15, -0.1) is 0 Å². The molecule has 0 spiro atoms. The summed E-state index contributed by atoms with van der Waals surface area (Å²) in [5.41, 5.74) is 2.88. The fraction of sp³-hybridized carbons (Fsp3) is 0.375. The van der Waals surface area contributed by atoms with E-state index in [4.69, 9.17) is 37.4 Å². The Labute approximate surface area is 323 Å². The normalized spacial score (nSPS) is 18.8. The van der Waals surface area contributed by atoms with Crippen molar-refractivity contribution < 1.29 is 47.8 Å². The van der Waals surface area contributed by atoms with Crippen LogP contribution in [0.1, 0.15) is 71.4 Å². The van der Waals surface area contributed by atoms with Crippen LogP contribution in [0, 0.1) is 5.92 Å². The quantitative estimate of drug-likeness (QED) is 0.121. The second kappa shape index (κ2) is 18.8. The number of H-pyrrole nitrogens is 1. The first-order valence-corrected chi connectivity index (χ1v) is 18.4. The van der Waals surface area contributed by atoms with Gasteiger partial charge in [0.1, 0.15) is 28.3 Å². The van der Waals surface area contributed by atoms with Gasteiger partial charge in [-0.05, 0) is 86.7 Å². The molecule has 2 bridgehead atoms. The molecule has 0 aliphatic carbocycles. The number of hydrogen-bond donors (Lipinski definition) is 1. The highest BCUT2D eigenvalue weighted by molar-refractivity contribution is 6.35. The highest BCUT2D eigenvalue weighted by Gasteiger charge is 2.38. The predicted octanol–water partition coefficient (Wildman–Crippen LogP) is 7.63. The Hall–Kier alpha value is -4.33. The Bertz CT molecular complexity index is 1840. The molecular formula is C40H43Cl2F2N3O7. The number of hydrogen-bond acceptors (Lipinski definition) is 9. The maximum Gasteiger partial charge on any atom is 0.387 e. The van der Waals surface area contributed by atoms with Crippen molar-refractivity contribution in [1.29, 1.82) is 0 Å². The Kier molecular flexibility index (Phi) is 14.2. The average Bonchev–Trinajstić information content (AvgIpc) is 3.14. The summed E-state index contributed by atoms with van der Waals surface area (Å²) in [5, 5.41) is 4.01. The molecule has 10 nitrogen and oxygen atoms in total. The van der Waals surface area contributed by atoms with Gasteiger partial charge in [0.2, 0.25) is 0 Å². The van der Waals surface area contributed by atoms with E-state index in [9.17, 15) is 18.4 Å². The number of benzene rings is 3. The van der Waals surface area contributed by atoms with Gasteiger partial charge >= 0.3 is 18.6 Å². The van der Waals surface area contributed by atoms with Crippen LogP contribution in [0.3, 0.4) is 0 Å². The maximum atomic E-state index is 13.6. The average molecular weight is 787 g/mol. The molecule has 3 N–H and O–H groups in total. The monoisotopic (exact) mass is 785 g/mol. The molecule has 1 unspecified atom stereocenters. The van der Waals surface area contributed by atoms with Crippen LogP contribution >= 0.6 is 23.2 Å². The number of carbonyl (C=O) groups is 2. The topological polar surface area (TPSA) is 130 Å². The highest BCUT2D eigenvalue weighted by Crippen LogP contribution is 2.37. The van der Waals surface area contributed by atoms with Gasteiger partial charge < -0.3 is 24.4 Å². The number of alkyl halides is 2. The molecule has 0 radical (unpaired) electrons. The van der Waals surface area contributed by atoms with Gasteiger partial charge in [-0.25, -0.2) is 14.6 Å². The summed E-state index contributed by atoms with van der Waals surface area (Å²) in [5.74, 6) is -0.642. The third-order valence-electron chi connectivity index (χ3n) is 9.49. The fourth-order valence-electron chi connectivity index (χ4n) is 6.77. The summed E-state index contributed by atoms with van der Waals surface area (Å²) >= 11 is 12.9. The number of rotatable bonds is 15.